The molecule has 0 fully saturated rings. The molecule has 0 saturated carbocycles. The Balaban J connectivity index is 1.57. The van der Waals surface area contributed by atoms with Crippen molar-refractivity contribution in [1.82, 2.24) is 14.8 Å². The minimum Gasteiger partial charge on any atom is -0.497 e. The summed E-state index contributed by atoms with van der Waals surface area (Å²) in [6.45, 7) is 2.24. The lowest BCUT2D eigenvalue weighted by Crippen LogP contribution is -1.99. The highest BCUT2D eigenvalue weighted by Crippen LogP contribution is 2.39. The zero-order chi connectivity index (χ0) is 24.1. The van der Waals surface area contributed by atoms with Crippen LogP contribution in [0.5, 0.6) is 23.1 Å². The largest absolute Gasteiger partial charge is 0.497 e. The van der Waals surface area contributed by atoms with Gasteiger partial charge < -0.3 is 14.2 Å². The van der Waals surface area contributed by atoms with Gasteiger partial charge in [0.05, 0.1) is 34.1 Å². The molecule has 2 aromatic carbocycles. The van der Waals surface area contributed by atoms with Gasteiger partial charge in [0.1, 0.15) is 18.1 Å². The number of rotatable bonds is 8. The van der Waals surface area contributed by atoms with Crippen LogP contribution in [0, 0.1) is 6.92 Å². The third kappa shape index (κ3) is 5.53. The molecule has 2 heterocycles. The van der Waals surface area contributed by atoms with Gasteiger partial charge in [0.15, 0.2) is 5.75 Å². The Morgan fingerprint density at radius 2 is 1.74 bits per heavy atom. The van der Waals surface area contributed by atoms with Gasteiger partial charge >= 0.3 is 0 Å². The topological polar surface area (TPSA) is 58.4 Å². The Kier molecular flexibility index (Phi) is 7.40. The first-order chi connectivity index (χ1) is 16.4. The molecule has 4 rings (SSSR count). The van der Waals surface area contributed by atoms with Crippen LogP contribution in [0.15, 0.2) is 60.8 Å². The number of nitrogens with zero attached hydrogens (tertiary/aromatic N) is 3. The van der Waals surface area contributed by atoms with Gasteiger partial charge in [0, 0.05) is 19.3 Å². The molecule has 0 saturated heterocycles. The highest BCUT2D eigenvalue weighted by molar-refractivity contribution is 6.36. The minimum atomic E-state index is 0.327. The van der Waals surface area contributed by atoms with Crippen molar-refractivity contribution in [2.45, 2.75) is 13.5 Å². The van der Waals surface area contributed by atoms with E-state index in [4.69, 9.17) is 37.4 Å². The summed E-state index contributed by atoms with van der Waals surface area (Å²) in [5, 5.41) is 5.24. The zero-order valence-electron chi connectivity index (χ0n) is 19.0. The van der Waals surface area contributed by atoms with E-state index in [0.29, 0.717) is 34.0 Å². The van der Waals surface area contributed by atoms with Gasteiger partial charge in [-0.1, -0.05) is 41.4 Å². The normalized spacial score (nSPS) is 11.1. The molecule has 0 bridgehead atoms. The molecule has 0 spiro atoms. The third-order valence-electron chi connectivity index (χ3n) is 5.07. The van der Waals surface area contributed by atoms with Gasteiger partial charge in [-0.15, -0.1) is 0 Å². The van der Waals surface area contributed by atoms with Crippen LogP contribution < -0.4 is 14.2 Å². The molecule has 0 aliphatic rings. The number of aromatic nitrogens is 3. The lowest BCUT2D eigenvalue weighted by Gasteiger charge is -2.13. The summed E-state index contributed by atoms with van der Waals surface area (Å²) < 4.78 is 19.0. The molecule has 0 atom stereocenters. The summed E-state index contributed by atoms with van der Waals surface area (Å²) in [5.41, 5.74) is 3.43. The predicted molar refractivity (Wildman–Crippen MR) is 135 cm³/mol. The first-order valence-corrected chi connectivity index (χ1v) is 11.3. The highest BCUT2D eigenvalue weighted by atomic mass is 35.5. The molecule has 0 N–H and O–H groups in total. The Morgan fingerprint density at radius 1 is 0.971 bits per heavy atom. The maximum absolute atomic E-state index is 6.45. The molecule has 0 aliphatic carbocycles. The van der Waals surface area contributed by atoms with Crippen molar-refractivity contribution in [1.29, 1.82) is 0 Å². The van der Waals surface area contributed by atoms with E-state index >= 15 is 0 Å². The molecule has 0 amide bonds. The van der Waals surface area contributed by atoms with Crippen LogP contribution in [-0.2, 0) is 13.7 Å². The third-order valence-corrected chi connectivity index (χ3v) is 5.66. The van der Waals surface area contributed by atoms with Gasteiger partial charge in [-0.3, -0.25) is 4.98 Å². The van der Waals surface area contributed by atoms with E-state index in [1.165, 1.54) is 0 Å². The van der Waals surface area contributed by atoms with Crippen molar-refractivity contribution in [3.63, 3.8) is 0 Å². The Hall–Kier alpha value is -3.48. The standard InChI is InChI=1S/C26H23Cl2N3O3/c1-17-21(12-9-19-6-4-5-13-29-19)26(31(2)30-17)34-25-15-24(22(27)14-23(25)28)33-16-18-7-10-20(32-3)11-8-18/h4-15H,16H2,1-3H3. The molecule has 2 aromatic heterocycles. The van der Waals surface area contributed by atoms with Gasteiger partial charge in [-0.05, 0) is 55.0 Å². The number of ether oxygens (including phenoxy) is 3. The van der Waals surface area contributed by atoms with Crippen molar-refractivity contribution < 1.29 is 14.2 Å². The number of methoxy groups -OCH3 is 1. The number of benzene rings is 2. The molecule has 0 aliphatic heterocycles. The Morgan fingerprint density at radius 3 is 2.44 bits per heavy atom. The maximum Gasteiger partial charge on any atom is 0.225 e. The van der Waals surface area contributed by atoms with Crippen molar-refractivity contribution in [2.75, 3.05) is 7.11 Å². The highest BCUT2D eigenvalue weighted by Gasteiger charge is 2.17. The lowest BCUT2D eigenvalue weighted by molar-refractivity contribution is 0.304. The molecule has 0 unspecified atom stereocenters. The van der Waals surface area contributed by atoms with E-state index < -0.39 is 0 Å². The fourth-order valence-electron chi connectivity index (χ4n) is 3.30. The van der Waals surface area contributed by atoms with Crippen molar-refractivity contribution in [3.05, 3.63) is 93.4 Å². The van der Waals surface area contributed by atoms with Crippen molar-refractivity contribution in [2.24, 2.45) is 7.05 Å². The summed E-state index contributed by atoms with van der Waals surface area (Å²) in [4.78, 5) is 4.32. The summed E-state index contributed by atoms with van der Waals surface area (Å²) >= 11 is 12.8. The van der Waals surface area contributed by atoms with Crippen molar-refractivity contribution >= 4 is 35.4 Å². The number of pyridine rings is 1. The molecule has 6 nitrogen and oxygen atoms in total. The van der Waals surface area contributed by atoms with E-state index in [1.54, 1.807) is 30.1 Å². The zero-order valence-corrected chi connectivity index (χ0v) is 20.5. The van der Waals surface area contributed by atoms with E-state index in [2.05, 4.69) is 10.1 Å². The van der Waals surface area contributed by atoms with E-state index in [9.17, 15) is 0 Å². The maximum atomic E-state index is 6.45. The van der Waals surface area contributed by atoms with Crippen molar-refractivity contribution in [3.8, 4) is 23.1 Å². The van der Waals surface area contributed by atoms with Crippen LogP contribution in [0.3, 0.4) is 0 Å². The van der Waals surface area contributed by atoms with Gasteiger partial charge in [0.2, 0.25) is 5.88 Å². The first kappa shape index (κ1) is 23.7. The second-order valence-corrected chi connectivity index (χ2v) is 8.28. The average Bonchev–Trinajstić information content (AvgIpc) is 3.11. The van der Waals surface area contributed by atoms with Gasteiger partial charge in [0.25, 0.3) is 0 Å². The summed E-state index contributed by atoms with van der Waals surface area (Å²) in [5.74, 6) is 2.19. The van der Waals surface area contributed by atoms with E-state index in [0.717, 1.165) is 28.3 Å². The molecular weight excluding hydrogens is 473 g/mol. The van der Waals surface area contributed by atoms with E-state index in [-0.39, 0.29) is 0 Å². The Labute approximate surface area is 208 Å². The smallest absolute Gasteiger partial charge is 0.225 e. The summed E-state index contributed by atoms with van der Waals surface area (Å²) in [6.07, 6.45) is 5.57. The van der Waals surface area contributed by atoms with Gasteiger partial charge in [-0.2, -0.15) is 5.10 Å². The second-order valence-electron chi connectivity index (χ2n) is 7.47. The summed E-state index contributed by atoms with van der Waals surface area (Å²) in [7, 11) is 3.44. The minimum absolute atomic E-state index is 0.327. The fourth-order valence-corrected chi connectivity index (χ4v) is 3.77. The van der Waals surface area contributed by atoms with E-state index in [1.807, 2.05) is 68.6 Å². The van der Waals surface area contributed by atoms with Crippen LogP contribution in [0.1, 0.15) is 22.5 Å². The number of hydrogen-bond acceptors (Lipinski definition) is 5. The monoisotopic (exact) mass is 495 g/mol. The van der Waals surface area contributed by atoms with Crippen LogP contribution in [-0.4, -0.2) is 21.9 Å². The fraction of sp³-hybridized carbons (Fsp3) is 0.154. The Bertz CT molecular complexity index is 1300. The second kappa shape index (κ2) is 10.6. The molecule has 4 aromatic rings. The number of hydrogen-bond donors (Lipinski definition) is 0. The van der Waals surface area contributed by atoms with Crippen LogP contribution >= 0.6 is 23.2 Å². The molecule has 8 heteroatoms. The summed E-state index contributed by atoms with van der Waals surface area (Å²) in [6, 6.07) is 16.6. The van der Waals surface area contributed by atoms with Crippen LogP contribution in [0.2, 0.25) is 10.0 Å². The van der Waals surface area contributed by atoms with Gasteiger partial charge in [-0.25, -0.2) is 4.68 Å². The quantitative estimate of drug-likeness (QED) is 0.263. The first-order valence-electron chi connectivity index (χ1n) is 10.5. The van der Waals surface area contributed by atoms with Crippen LogP contribution in [0.4, 0.5) is 0 Å². The molecule has 0 radical (unpaired) electrons. The lowest BCUT2D eigenvalue weighted by atomic mass is 10.2. The number of aryl methyl sites for hydroxylation is 2. The molecular formula is C26H23Cl2N3O3. The SMILES string of the molecule is COc1ccc(COc2cc(Oc3c(C=Cc4ccccn4)c(C)nn3C)c(Cl)cc2Cl)cc1. The average molecular weight is 496 g/mol. The number of halogens is 2. The van der Waals surface area contributed by atoms with Crippen LogP contribution in [0.25, 0.3) is 12.2 Å². The predicted octanol–water partition coefficient (Wildman–Crippen LogP) is 6.98. The molecule has 34 heavy (non-hydrogen) atoms. The molecule has 174 valence electrons.